The van der Waals surface area contributed by atoms with Crippen molar-refractivity contribution in [3.63, 3.8) is 0 Å². The SMILES string of the molecule is CCN(C1CCCC1)C1CCC(C)(C)C1N. The Kier molecular flexibility index (Phi) is 3.60. The Morgan fingerprint density at radius 2 is 1.81 bits per heavy atom. The zero-order valence-corrected chi connectivity index (χ0v) is 11.2. The molecule has 0 spiro atoms. The van der Waals surface area contributed by atoms with Crippen LogP contribution in [0.4, 0.5) is 0 Å². The van der Waals surface area contributed by atoms with Crippen molar-refractivity contribution in [3.8, 4) is 0 Å². The Balaban J connectivity index is 2.04. The second-order valence-corrected chi connectivity index (χ2v) is 6.39. The summed E-state index contributed by atoms with van der Waals surface area (Å²) in [6.07, 6.45) is 8.24. The van der Waals surface area contributed by atoms with Crippen molar-refractivity contribution in [2.24, 2.45) is 11.1 Å². The first kappa shape index (κ1) is 12.4. The van der Waals surface area contributed by atoms with Gasteiger partial charge in [-0.3, -0.25) is 4.90 Å². The largest absolute Gasteiger partial charge is 0.326 e. The number of hydrogen-bond acceptors (Lipinski definition) is 2. The van der Waals surface area contributed by atoms with Crippen LogP contribution in [-0.4, -0.2) is 29.6 Å². The zero-order valence-electron chi connectivity index (χ0n) is 11.2. The lowest BCUT2D eigenvalue weighted by Crippen LogP contribution is -2.52. The Labute approximate surface area is 101 Å². The highest BCUT2D eigenvalue weighted by molar-refractivity contribution is 5.00. The van der Waals surface area contributed by atoms with Gasteiger partial charge in [-0.1, -0.05) is 33.6 Å². The third-order valence-corrected chi connectivity index (χ3v) is 4.99. The average molecular weight is 224 g/mol. The highest BCUT2D eigenvalue weighted by Gasteiger charge is 2.43. The summed E-state index contributed by atoms with van der Waals surface area (Å²) in [4.78, 5) is 2.71. The summed E-state index contributed by atoms with van der Waals surface area (Å²) in [5, 5.41) is 0. The second kappa shape index (κ2) is 4.66. The van der Waals surface area contributed by atoms with Gasteiger partial charge >= 0.3 is 0 Å². The third-order valence-electron chi connectivity index (χ3n) is 4.99. The van der Waals surface area contributed by atoms with Gasteiger partial charge in [0, 0.05) is 18.1 Å². The first-order chi connectivity index (χ1) is 7.56. The average Bonchev–Trinajstić information content (AvgIpc) is 2.83. The van der Waals surface area contributed by atoms with Crippen LogP contribution in [0.2, 0.25) is 0 Å². The molecule has 0 bridgehead atoms. The summed E-state index contributed by atoms with van der Waals surface area (Å²) in [7, 11) is 0. The third kappa shape index (κ3) is 2.14. The van der Waals surface area contributed by atoms with Gasteiger partial charge < -0.3 is 5.73 Å². The van der Waals surface area contributed by atoms with Gasteiger partial charge in [0.05, 0.1) is 0 Å². The van der Waals surface area contributed by atoms with E-state index in [4.69, 9.17) is 5.73 Å². The van der Waals surface area contributed by atoms with E-state index < -0.39 is 0 Å². The Morgan fingerprint density at radius 1 is 1.19 bits per heavy atom. The van der Waals surface area contributed by atoms with Gasteiger partial charge in [0.1, 0.15) is 0 Å². The molecular weight excluding hydrogens is 196 g/mol. The van der Waals surface area contributed by atoms with E-state index in [0.717, 1.165) is 6.04 Å². The summed E-state index contributed by atoms with van der Waals surface area (Å²) in [5.41, 5.74) is 6.80. The number of nitrogens with zero attached hydrogens (tertiary/aromatic N) is 1. The molecule has 2 unspecified atom stereocenters. The smallest absolute Gasteiger partial charge is 0.0255 e. The Hall–Kier alpha value is -0.0800. The minimum absolute atomic E-state index is 0.344. The van der Waals surface area contributed by atoms with Gasteiger partial charge in [0.15, 0.2) is 0 Å². The molecule has 2 rings (SSSR count). The predicted octanol–water partition coefficient (Wildman–Crippen LogP) is 2.77. The van der Waals surface area contributed by atoms with Crippen molar-refractivity contribution in [2.75, 3.05) is 6.54 Å². The van der Waals surface area contributed by atoms with Crippen LogP contribution in [-0.2, 0) is 0 Å². The Morgan fingerprint density at radius 3 is 2.25 bits per heavy atom. The standard InChI is InChI=1S/C14H28N2/c1-4-16(11-7-5-6-8-11)12-9-10-14(2,3)13(12)15/h11-13H,4-10,15H2,1-3H3. The maximum Gasteiger partial charge on any atom is 0.0255 e. The lowest BCUT2D eigenvalue weighted by Gasteiger charge is -2.38. The molecule has 2 aliphatic carbocycles. The van der Waals surface area contributed by atoms with E-state index in [1.807, 2.05) is 0 Å². The molecule has 0 aromatic rings. The molecule has 2 nitrogen and oxygen atoms in total. The zero-order chi connectivity index (χ0) is 11.8. The molecule has 2 N–H and O–H groups in total. The highest BCUT2D eigenvalue weighted by Crippen LogP contribution is 2.40. The van der Waals surface area contributed by atoms with Crippen LogP contribution in [0.15, 0.2) is 0 Å². The number of likely N-dealkylation sites (N-methyl/N-ethyl adjacent to an activating group) is 1. The van der Waals surface area contributed by atoms with Crippen LogP contribution >= 0.6 is 0 Å². The summed E-state index contributed by atoms with van der Waals surface area (Å²) in [5.74, 6) is 0. The van der Waals surface area contributed by atoms with Gasteiger partial charge in [-0.15, -0.1) is 0 Å². The molecule has 0 amide bonds. The van der Waals surface area contributed by atoms with Crippen LogP contribution in [0.3, 0.4) is 0 Å². The van der Waals surface area contributed by atoms with Gasteiger partial charge in [0.25, 0.3) is 0 Å². The van der Waals surface area contributed by atoms with Gasteiger partial charge in [0.2, 0.25) is 0 Å². The molecule has 0 radical (unpaired) electrons. The fourth-order valence-electron chi connectivity index (χ4n) is 3.76. The normalized spacial score (nSPS) is 35.1. The van der Waals surface area contributed by atoms with Crippen molar-refractivity contribution >= 4 is 0 Å². The van der Waals surface area contributed by atoms with E-state index >= 15 is 0 Å². The van der Waals surface area contributed by atoms with Crippen LogP contribution in [0.5, 0.6) is 0 Å². The van der Waals surface area contributed by atoms with E-state index in [0.29, 0.717) is 17.5 Å². The van der Waals surface area contributed by atoms with Crippen LogP contribution < -0.4 is 5.73 Å². The molecule has 2 heteroatoms. The lowest BCUT2D eigenvalue weighted by molar-refractivity contribution is 0.121. The first-order valence-electron chi connectivity index (χ1n) is 7.07. The van der Waals surface area contributed by atoms with E-state index in [1.165, 1.54) is 45.1 Å². The summed E-state index contributed by atoms with van der Waals surface area (Å²) in [6.45, 7) is 8.15. The first-order valence-corrected chi connectivity index (χ1v) is 7.07. The maximum absolute atomic E-state index is 6.46. The quantitative estimate of drug-likeness (QED) is 0.798. The fourth-order valence-corrected chi connectivity index (χ4v) is 3.76. The van der Waals surface area contributed by atoms with E-state index in [9.17, 15) is 0 Å². The van der Waals surface area contributed by atoms with Crippen molar-refractivity contribution in [1.82, 2.24) is 4.90 Å². The molecule has 94 valence electrons. The number of nitrogens with two attached hydrogens (primary N) is 1. The molecule has 2 saturated carbocycles. The summed E-state index contributed by atoms with van der Waals surface area (Å²) < 4.78 is 0. The maximum atomic E-state index is 6.46. The van der Waals surface area contributed by atoms with E-state index in [1.54, 1.807) is 0 Å². The Bertz CT molecular complexity index is 231. The summed E-state index contributed by atoms with van der Waals surface area (Å²) in [6, 6.07) is 1.84. The molecule has 0 aliphatic heterocycles. The molecule has 2 atom stereocenters. The lowest BCUT2D eigenvalue weighted by atomic mass is 9.87. The van der Waals surface area contributed by atoms with Crippen LogP contribution in [0.25, 0.3) is 0 Å². The van der Waals surface area contributed by atoms with E-state index in [2.05, 4.69) is 25.7 Å². The molecule has 0 aromatic carbocycles. The molecule has 16 heavy (non-hydrogen) atoms. The van der Waals surface area contributed by atoms with Gasteiger partial charge in [-0.2, -0.15) is 0 Å². The van der Waals surface area contributed by atoms with Crippen molar-refractivity contribution in [1.29, 1.82) is 0 Å². The van der Waals surface area contributed by atoms with Crippen molar-refractivity contribution < 1.29 is 0 Å². The monoisotopic (exact) mass is 224 g/mol. The molecular formula is C14H28N2. The minimum atomic E-state index is 0.344. The predicted molar refractivity (Wildman–Crippen MR) is 69.4 cm³/mol. The molecule has 0 saturated heterocycles. The highest BCUT2D eigenvalue weighted by atomic mass is 15.2. The fraction of sp³-hybridized carbons (Fsp3) is 1.00. The van der Waals surface area contributed by atoms with Gasteiger partial charge in [-0.05, 0) is 37.6 Å². The number of hydrogen-bond donors (Lipinski definition) is 1. The summed E-state index contributed by atoms with van der Waals surface area (Å²) >= 11 is 0. The number of rotatable bonds is 3. The molecule has 2 fully saturated rings. The topological polar surface area (TPSA) is 29.3 Å². The van der Waals surface area contributed by atoms with E-state index in [-0.39, 0.29) is 0 Å². The second-order valence-electron chi connectivity index (χ2n) is 6.39. The van der Waals surface area contributed by atoms with Crippen molar-refractivity contribution in [2.45, 2.75) is 77.4 Å². The van der Waals surface area contributed by atoms with Crippen molar-refractivity contribution in [3.05, 3.63) is 0 Å². The molecule has 0 aromatic heterocycles. The minimum Gasteiger partial charge on any atom is -0.326 e. The van der Waals surface area contributed by atoms with Crippen LogP contribution in [0.1, 0.15) is 59.3 Å². The molecule has 0 heterocycles. The van der Waals surface area contributed by atoms with Crippen LogP contribution in [0, 0.1) is 5.41 Å². The van der Waals surface area contributed by atoms with Gasteiger partial charge in [-0.25, -0.2) is 0 Å². The molecule has 2 aliphatic rings.